The van der Waals surface area contributed by atoms with E-state index in [1.165, 1.54) is 0 Å². The minimum atomic E-state index is -0.196. The summed E-state index contributed by atoms with van der Waals surface area (Å²) < 4.78 is 5.66. The van der Waals surface area contributed by atoms with E-state index in [0.29, 0.717) is 29.1 Å². The van der Waals surface area contributed by atoms with E-state index in [9.17, 15) is 9.59 Å². The van der Waals surface area contributed by atoms with Gasteiger partial charge in [-0.2, -0.15) is 0 Å². The van der Waals surface area contributed by atoms with E-state index >= 15 is 0 Å². The summed E-state index contributed by atoms with van der Waals surface area (Å²) in [6.45, 7) is 3.61. The number of Topliss-reactive ketones (excluding diaryl/α,β-unsaturated/α-hetero) is 1. The Kier molecular flexibility index (Phi) is 3.61. The van der Waals surface area contributed by atoms with Crippen LogP contribution in [-0.4, -0.2) is 30.8 Å². The zero-order chi connectivity index (χ0) is 14.1. The van der Waals surface area contributed by atoms with E-state index in [1.54, 1.807) is 6.92 Å². The van der Waals surface area contributed by atoms with Gasteiger partial charge in [-0.05, 0) is 32.7 Å². The molecule has 0 radical (unpaired) electrons. The van der Waals surface area contributed by atoms with Crippen LogP contribution in [0, 0.1) is 6.92 Å². The van der Waals surface area contributed by atoms with Gasteiger partial charge in [0.05, 0.1) is 5.56 Å². The highest BCUT2D eigenvalue weighted by Crippen LogP contribution is 2.29. The van der Waals surface area contributed by atoms with Gasteiger partial charge in [-0.15, -0.1) is 0 Å². The molecule has 1 aromatic heterocycles. The third-order valence-corrected chi connectivity index (χ3v) is 4.14. The number of ketones is 1. The quantitative estimate of drug-likeness (QED) is 0.860. The van der Waals surface area contributed by atoms with Gasteiger partial charge < -0.3 is 15.1 Å². The number of hydrogen-bond acceptors (Lipinski definition) is 4. The van der Waals surface area contributed by atoms with Crippen molar-refractivity contribution in [2.45, 2.75) is 45.1 Å². The Morgan fingerprint density at radius 1 is 1.35 bits per heavy atom. The highest BCUT2D eigenvalue weighted by atomic mass is 16.4. The second kappa shape index (κ2) is 5.40. The number of hydrogen-bond donors (Lipinski definition) is 2. The summed E-state index contributed by atoms with van der Waals surface area (Å²) in [5, 5.41) is 6.26. The maximum Gasteiger partial charge on any atom is 0.287 e. The van der Waals surface area contributed by atoms with Crippen LogP contribution in [0.15, 0.2) is 4.42 Å². The fraction of sp³-hybridized carbons (Fsp3) is 0.600. The standard InChI is InChI=1S/C15H20N2O3/c1-9-13-11(18)5-2-6-12(13)20-14(9)15(19)17-10-4-3-7-16-8-10/h10,16H,2-8H2,1H3,(H,17,19)/t10-/m0/s1. The molecule has 2 aliphatic rings. The van der Waals surface area contributed by atoms with Crippen LogP contribution in [0.2, 0.25) is 0 Å². The predicted octanol–water partition coefficient (Wildman–Crippen LogP) is 1.59. The molecular weight excluding hydrogens is 256 g/mol. The van der Waals surface area contributed by atoms with Crippen LogP contribution >= 0.6 is 0 Å². The summed E-state index contributed by atoms with van der Waals surface area (Å²) in [5.74, 6) is 0.908. The van der Waals surface area contributed by atoms with Crippen LogP contribution in [0.1, 0.15) is 57.9 Å². The highest BCUT2D eigenvalue weighted by molar-refractivity contribution is 6.03. The van der Waals surface area contributed by atoms with Crippen LogP contribution in [0.4, 0.5) is 0 Å². The molecule has 0 aromatic carbocycles. The lowest BCUT2D eigenvalue weighted by atomic mass is 9.94. The Hall–Kier alpha value is -1.62. The Balaban J connectivity index is 1.79. The lowest BCUT2D eigenvalue weighted by molar-refractivity contribution is 0.0897. The molecule has 0 unspecified atom stereocenters. The predicted molar refractivity (Wildman–Crippen MR) is 74.1 cm³/mol. The molecule has 1 aliphatic heterocycles. The smallest absolute Gasteiger partial charge is 0.287 e. The van der Waals surface area contributed by atoms with Crippen molar-refractivity contribution in [1.82, 2.24) is 10.6 Å². The molecule has 108 valence electrons. The Morgan fingerprint density at radius 3 is 2.90 bits per heavy atom. The molecule has 2 heterocycles. The molecule has 5 heteroatoms. The van der Waals surface area contributed by atoms with Gasteiger partial charge >= 0.3 is 0 Å². The topological polar surface area (TPSA) is 71.3 Å². The van der Waals surface area contributed by atoms with Gasteiger partial charge in [-0.1, -0.05) is 0 Å². The molecule has 0 saturated carbocycles. The second-order valence-electron chi connectivity index (χ2n) is 5.65. The number of carbonyl (C=O) groups is 2. The molecule has 1 aliphatic carbocycles. The summed E-state index contributed by atoms with van der Waals surface area (Å²) in [7, 11) is 0. The maximum absolute atomic E-state index is 12.3. The third-order valence-electron chi connectivity index (χ3n) is 4.14. The number of aryl methyl sites for hydroxylation is 1. The van der Waals surface area contributed by atoms with Crippen molar-refractivity contribution in [3.63, 3.8) is 0 Å². The van der Waals surface area contributed by atoms with E-state index in [0.717, 1.165) is 38.8 Å². The fourth-order valence-corrected chi connectivity index (χ4v) is 3.09. The number of fused-ring (bicyclic) bond motifs is 1. The maximum atomic E-state index is 12.3. The van der Waals surface area contributed by atoms with Gasteiger partial charge in [0.15, 0.2) is 11.5 Å². The van der Waals surface area contributed by atoms with Crippen molar-refractivity contribution in [1.29, 1.82) is 0 Å². The third kappa shape index (κ3) is 2.38. The second-order valence-corrected chi connectivity index (χ2v) is 5.65. The number of amides is 1. The first kappa shape index (κ1) is 13.4. The molecule has 3 rings (SSSR count). The average molecular weight is 276 g/mol. The van der Waals surface area contributed by atoms with Crippen LogP contribution in [0.25, 0.3) is 0 Å². The molecule has 1 fully saturated rings. The van der Waals surface area contributed by atoms with Crippen molar-refractivity contribution < 1.29 is 14.0 Å². The Morgan fingerprint density at radius 2 is 2.20 bits per heavy atom. The number of nitrogens with one attached hydrogen (secondary N) is 2. The molecule has 5 nitrogen and oxygen atoms in total. The monoisotopic (exact) mass is 276 g/mol. The molecule has 20 heavy (non-hydrogen) atoms. The SMILES string of the molecule is Cc1c(C(=O)N[C@H]2CCCNC2)oc2c1C(=O)CCC2. The molecule has 0 spiro atoms. The molecule has 1 saturated heterocycles. The lowest BCUT2D eigenvalue weighted by Crippen LogP contribution is -2.45. The lowest BCUT2D eigenvalue weighted by Gasteiger charge is -2.23. The first-order valence-corrected chi connectivity index (χ1v) is 7.34. The van der Waals surface area contributed by atoms with Crippen LogP contribution in [-0.2, 0) is 6.42 Å². The molecule has 1 aromatic rings. The normalized spacial score (nSPS) is 22.4. The van der Waals surface area contributed by atoms with Crippen LogP contribution in [0.3, 0.4) is 0 Å². The number of carbonyl (C=O) groups excluding carboxylic acids is 2. The molecule has 1 atom stereocenters. The Labute approximate surface area is 118 Å². The number of furan rings is 1. The summed E-state index contributed by atoms with van der Waals surface area (Å²) in [4.78, 5) is 24.2. The minimum absolute atomic E-state index is 0.103. The summed E-state index contributed by atoms with van der Waals surface area (Å²) in [6.07, 6.45) is 4.17. The van der Waals surface area contributed by atoms with Crippen LogP contribution < -0.4 is 10.6 Å². The van der Waals surface area contributed by atoms with Crippen LogP contribution in [0.5, 0.6) is 0 Å². The van der Waals surface area contributed by atoms with E-state index in [2.05, 4.69) is 10.6 Å². The van der Waals surface area contributed by atoms with Crippen molar-refractivity contribution >= 4 is 11.7 Å². The first-order chi connectivity index (χ1) is 9.66. The summed E-state index contributed by atoms with van der Waals surface area (Å²) >= 11 is 0. The number of piperidine rings is 1. The minimum Gasteiger partial charge on any atom is -0.455 e. The summed E-state index contributed by atoms with van der Waals surface area (Å²) in [6, 6.07) is 0.147. The average Bonchev–Trinajstić information content (AvgIpc) is 2.79. The van der Waals surface area contributed by atoms with E-state index in [1.807, 2.05) is 0 Å². The zero-order valence-corrected chi connectivity index (χ0v) is 11.8. The molecular formula is C15H20N2O3. The molecule has 1 amide bonds. The van der Waals surface area contributed by atoms with Gasteiger partial charge in [-0.25, -0.2) is 0 Å². The Bertz CT molecular complexity index is 542. The molecule has 0 bridgehead atoms. The largest absolute Gasteiger partial charge is 0.455 e. The first-order valence-electron chi connectivity index (χ1n) is 7.34. The number of rotatable bonds is 2. The van der Waals surface area contributed by atoms with Gasteiger partial charge in [0.1, 0.15) is 5.76 Å². The van der Waals surface area contributed by atoms with Crippen molar-refractivity contribution in [2.24, 2.45) is 0 Å². The van der Waals surface area contributed by atoms with E-state index in [-0.39, 0.29) is 17.7 Å². The highest BCUT2D eigenvalue weighted by Gasteiger charge is 2.29. The van der Waals surface area contributed by atoms with Gasteiger partial charge in [0.25, 0.3) is 5.91 Å². The van der Waals surface area contributed by atoms with E-state index in [4.69, 9.17) is 4.42 Å². The van der Waals surface area contributed by atoms with Gasteiger partial charge in [0, 0.05) is 31.0 Å². The fourth-order valence-electron chi connectivity index (χ4n) is 3.09. The van der Waals surface area contributed by atoms with Gasteiger partial charge in [-0.3, -0.25) is 9.59 Å². The van der Waals surface area contributed by atoms with Gasteiger partial charge in [0.2, 0.25) is 0 Å². The zero-order valence-electron chi connectivity index (χ0n) is 11.8. The van der Waals surface area contributed by atoms with Crippen molar-refractivity contribution in [2.75, 3.05) is 13.1 Å². The van der Waals surface area contributed by atoms with Crippen molar-refractivity contribution in [3.8, 4) is 0 Å². The summed E-state index contributed by atoms with van der Waals surface area (Å²) in [5.41, 5.74) is 1.34. The molecule has 2 N–H and O–H groups in total. The van der Waals surface area contributed by atoms with E-state index < -0.39 is 0 Å². The van der Waals surface area contributed by atoms with Crippen molar-refractivity contribution in [3.05, 3.63) is 22.6 Å².